The summed E-state index contributed by atoms with van der Waals surface area (Å²) in [6.45, 7) is 5.41. The molecule has 0 saturated heterocycles. The van der Waals surface area contributed by atoms with Gasteiger partial charge in [0.15, 0.2) is 0 Å². The molecule has 0 bridgehead atoms. The van der Waals surface area contributed by atoms with Crippen LogP contribution in [-0.2, 0) is 14.8 Å². The van der Waals surface area contributed by atoms with E-state index in [9.17, 15) is 18.0 Å². The number of rotatable bonds is 6. The van der Waals surface area contributed by atoms with E-state index in [0.29, 0.717) is 11.4 Å². The number of aromatic nitrogens is 1. The molecule has 1 atom stereocenters. The van der Waals surface area contributed by atoms with Crippen molar-refractivity contribution < 1.29 is 13.2 Å². The van der Waals surface area contributed by atoms with E-state index in [1.54, 1.807) is 53.1 Å². The van der Waals surface area contributed by atoms with Crippen molar-refractivity contribution in [2.24, 2.45) is 0 Å². The molecule has 0 aliphatic carbocycles. The maximum absolute atomic E-state index is 12.8. The van der Waals surface area contributed by atoms with E-state index >= 15 is 0 Å². The van der Waals surface area contributed by atoms with Crippen LogP contribution in [0.3, 0.4) is 0 Å². The number of carbonyl (C=O) groups is 1. The summed E-state index contributed by atoms with van der Waals surface area (Å²) in [4.78, 5) is 25.0. The predicted octanol–water partition coefficient (Wildman–Crippen LogP) is 3.44. The van der Waals surface area contributed by atoms with E-state index in [-0.39, 0.29) is 10.9 Å². The zero-order chi connectivity index (χ0) is 21.3. The Bertz CT molecular complexity index is 1200. The quantitative estimate of drug-likeness (QED) is 0.645. The van der Waals surface area contributed by atoms with Crippen LogP contribution in [0.25, 0.3) is 10.2 Å². The van der Waals surface area contributed by atoms with E-state index < -0.39 is 22.0 Å². The lowest BCUT2D eigenvalue weighted by atomic mass is 10.2. The van der Waals surface area contributed by atoms with Crippen molar-refractivity contribution in [3.63, 3.8) is 0 Å². The van der Waals surface area contributed by atoms with Gasteiger partial charge < -0.3 is 5.32 Å². The average molecular weight is 434 g/mol. The maximum atomic E-state index is 12.8. The summed E-state index contributed by atoms with van der Waals surface area (Å²) in [7, 11) is -3.67. The molecule has 0 aliphatic rings. The largest absolute Gasteiger partial charge is 0.324 e. The van der Waals surface area contributed by atoms with E-state index in [4.69, 9.17) is 0 Å². The van der Waals surface area contributed by atoms with Crippen LogP contribution < -0.4 is 14.5 Å². The lowest BCUT2D eigenvalue weighted by Gasteiger charge is -2.28. The molecule has 9 heteroatoms. The molecule has 0 spiro atoms. The lowest BCUT2D eigenvalue weighted by molar-refractivity contribution is -0.116. The summed E-state index contributed by atoms with van der Waals surface area (Å²) in [6, 6.07) is 12.8. The van der Waals surface area contributed by atoms with Gasteiger partial charge in [-0.3, -0.25) is 18.5 Å². The Labute approximate surface area is 173 Å². The highest BCUT2D eigenvalue weighted by Crippen LogP contribution is 2.25. The van der Waals surface area contributed by atoms with Gasteiger partial charge in [0.1, 0.15) is 6.04 Å². The lowest BCUT2D eigenvalue weighted by Crippen LogP contribution is -2.45. The molecule has 1 amide bonds. The highest BCUT2D eigenvalue weighted by molar-refractivity contribution is 7.92. The monoisotopic (exact) mass is 433 g/mol. The molecule has 3 rings (SSSR count). The summed E-state index contributed by atoms with van der Waals surface area (Å²) in [5.41, 5.74) is 1.73. The fourth-order valence-electron chi connectivity index (χ4n) is 3.23. The smallest absolute Gasteiger partial charge is 0.308 e. The third kappa shape index (κ3) is 4.35. The number of sulfonamides is 1. The molecular formula is C20H23N3O4S2. The average Bonchev–Trinajstić information content (AvgIpc) is 2.96. The molecule has 1 heterocycles. The number of nitrogens with one attached hydrogen (secondary N) is 1. The van der Waals surface area contributed by atoms with Gasteiger partial charge >= 0.3 is 4.87 Å². The predicted molar refractivity (Wildman–Crippen MR) is 118 cm³/mol. The van der Waals surface area contributed by atoms with Crippen molar-refractivity contribution in [3.8, 4) is 0 Å². The molecule has 3 aromatic rings. The van der Waals surface area contributed by atoms with Gasteiger partial charge in [0.25, 0.3) is 0 Å². The summed E-state index contributed by atoms with van der Waals surface area (Å²) in [6.07, 6.45) is 1.07. The minimum atomic E-state index is -3.67. The van der Waals surface area contributed by atoms with Gasteiger partial charge in [-0.2, -0.15) is 0 Å². The van der Waals surface area contributed by atoms with Crippen molar-refractivity contribution in [2.45, 2.75) is 32.9 Å². The first-order valence-corrected chi connectivity index (χ1v) is 11.8. The topological polar surface area (TPSA) is 88.5 Å². The van der Waals surface area contributed by atoms with Gasteiger partial charge in [-0.1, -0.05) is 29.5 Å². The zero-order valence-corrected chi connectivity index (χ0v) is 18.3. The number of carbonyl (C=O) groups excluding carboxylic acids is 1. The molecular weight excluding hydrogens is 410 g/mol. The zero-order valence-electron chi connectivity index (χ0n) is 16.6. The van der Waals surface area contributed by atoms with Gasteiger partial charge in [-0.05, 0) is 51.1 Å². The first-order chi connectivity index (χ1) is 13.6. The van der Waals surface area contributed by atoms with Crippen LogP contribution in [0.5, 0.6) is 0 Å². The number of thiazole rings is 1. The van der Waals surface area contributed by atoms with Crippen molar-refractivity contribution >= 4 is 48.9 Å². The Morgan fingerprint density at radius 1 is 1.10 bits per heavy atom. The van der Waals surface area contributed by atoms with Gasteiger partial charge in [0.05, 0.1) is 22.2 Å². The summed E-state index contributed by atoms with van der Waals surface area (Å²) < 4.78 is 28.2. The molecule has 1 aromatic heterocycles. The maximum Gasteiger partial charge on any atom is 0.308 e. The number of fused-ring (bicyclic) bond motifs is 1. The molecule has 1 N–H and O–H groups in total. The molecule has 1 unspecified atom stereocenters. The highest BCUT2D eigenvalue weighted by Gasteiger charge is 2.29. The molecule has 154 valence electrons. The third-order valence-electron chi connectivity index (χ3n) is 4.50. The van der Waals surface area contributed by atoms with Crippen molar-refractivity contribution in [2.75, 3.05) is 15.9 Å². The van der Waals surface area contributed by atoms with Crippen LogP contribution in [0.1, 0.15) is 26.8 Å². The summed E-state index contributed by atoms with van der Waals surface area (Å²) in [5, 5.41) is 2.76. The Kier molecular flexibility index (Phi) is 5.81. The Morgan fingerprint density at radius 3 is 2.34 bits per heavy atom. The first kappa shape index (κ1) is 21.1. The van der Waals surface area contributed by atoms with Crippen LogP contribution in [0, 0.1) is 0 Å². The minimum Gasteiger partial charge on any atom is -0.324 e. The second-order valence-corrected chi connectivity index (χ2v) is 9.93. The standard InChI is InChI=1S/C20H23N3O4S2/c1-13(2)22-17-11-10-15(12-18(17)28-20(22)25)21-19(24)14(3)23(29(4,26)27)16-8-6-5-7-9-16/h5-14H,1-4H3,(H,21,24). The van der Waals surface area contributed by atoms with E-state index in [1.165, 1.54) is 6.92 Å². The Balaban J connectivity index is 1.89. The number of anilines is 2. The third-order valence-corrected chi connectivity index (χ3v) is 6.66. The van der Waals surface area contributed by atoms with Gasteiger partial charge in [-0.15, -0.1) is 0 Å². The Hall–Kier alpha value is -2.65. The van der Waals surface area contributed by atoms with Crippen LogP contribution in [-0.4, -0.2) is 31.2 Å². The number of nitrogens with zero attached hydrogens (tertiary/aromatic N) is 2. The number of benzene rings is 2. The van der Waals surface area contributed by atoms with Crippen molar-refractivity contribution in [1.82, 2.24) is 4.57 Å². The van der Waals surface area contributed by atoms with Gasteiger partial charge in [0, 0.05) is 11.7 Å². The highest BCUT2D eigenvalue weighted by atomic mass is 32.2. The molecule has 2 aromatic carbocycles. The van der Waals surface area contributed by atoms with Gasteiger partial charge in [0.2, 0.25) is 15.9 Å². The summed E-state index contributed by atoms with van der Waals surface area (Å²) >= 11 is 1.11. The van der Waals surface area contributed by atoms with Gasteiger partial charge in [-0.25, -0.2) is 8.42 Å². The van der Waals surface area contributed by atoms with Crippen molar-refractivity contribution in [3.05, 3.63) is 58.2 Å². The molecule has 0 aliphatic heterocycles. The van der Waals surface area contributed by atoms with Crippen molar-refractivity contribution in [1.29, 1.82) is 0 Å². The van der Waals surface area contributed by atoms with Crippen LogP contribution in [0.15, 0.2) is 53.3 Å². The number of amides is 1. The first-order valence-electron chi connectivity index (χ1n) is 9.10. The number of hydrogen-bond acceptors (Lipinski definition) is 5. The number of para-hydroxylation sites is 1. The fourth-order valence-corrected chi connectivity index (χ4v) is 5.46. The minimum absolute atomic E-state index is 0.0332. The van der Waals surface area contributed by atoms with Crippen LogP contribution in [0.4, 0.5) is 11.4 Å². The SMILES string of the molecule is CC(C(=O)Nc1ccc2c(c1)sc(=O)n2C(C)C)N(c1ccccc1)S(C)(=O)=O. The van der Waals surface area contributed by atoms with E-state index in [2.05, 4.69) is 5.32 Å². The summed E-state index contributed by atoms with van der Waals surface area (Å²) in [5.74, 6) is -0.464. The normalized spacial score (nSPS) is 12.9. The second kappa shape index (κ2) is 8.00. The second-order valence-electron chi connectivity index (χ2n) is 7.07. The van der Waals surface area contributed by atoms with Crippen LogP contribution >= 0.6 is 11.3 Å². The number of hydrogen-bond donors (Lipinski definition) is 1. The Morgan fingerprint density at radius 2 is 1.76 bits per heavy atom. The van der Waals surface area contributed by atoms with E-state index in [1.807, 2.05) is 13.8 Å². The van der Waals surface area contributed by atoms with Crippen LogP contribution in [0.2, 0.25) is 0 Å². The molecule has 0 fully saturated rings. The molecule has 7 nitrogen and oxygen atoms in total. The molecule has 29 heavy (non-hydrogen) atoms. The molecule has 0 saturated carbocycles. The fraction of sp³-hybridized carbons (Fsp3) is 0.300. The van der Waals surface area contributed by atoms with E-state index in [0.717, 1.165) is 32.1 Å². The molecule has 0 radical (unpaired) electrons.